The molecule has 0 unspecified atom stereocenters. The summed E-state index contributed by atoms with van der Waals surface area (Å²) < 4.78 is 48.6. The van der Waals surface area contributed by atoms with Crippen LogP contribution in [0.5, 0.6) is 23.0 Å². The van der Waals surface area contributed by atoms with Gasteiger partial charge in [-0.1, -0.05) is 60.7 Å². The van der Waals surface area contributed by atoms with Crippen molar-refractivity contribution < 1.29 is 47.5 Å². The van der Waals surface area contributed by atoms with E-state index in [4.69, 9.17) is 18.9 Å². The van der Waals surface area contributed by atoms with Gasteiger partial charge in [0.15, 0.2) is 23.0 Å². The first-order valence-corrected chi connectivity index (χ1v) is 19.2. The third-order valence-corrected chi connectivity index (χ3v) is 6.22. The number of halogens is 2. The van der Waals surface area contributed by atoms with E-state index in [2.05, 4.69) is 9.88 Å². The molecule has 4 aromatic carbocycles. The molecule has 0 bridgehead atoms. The average molecular weight is 719 g/mol. The number of hydrogen-bond acceptors (Lipinski definition) is 8. The van der Waals surface area contributed by atoms with Gasteiger partial charge in [-0.2, -0.15) is 0 Å². The van der Waals surface area contributed by atoms with E-state index in [-0.39, 0.29) is 57.0 Å². The number of carboxylic acid groups (broad SMARTS) is 2. The van der Waals surface area contributed by atoms with Gasteiger partial charge in [-0.05, 0) is 36.4 Å². The van der Waals surface area contributed by atoms with Crippen LogP contribution in [0, 0.1) is 11.6 Å². The predicted octanol–water partition coefficient (Wildman–Crippen LogP) is 4.48. The van der Waals surface area contributed by atoms with Gasteiger partial charge < -0.3 is 38.7 Å². The summed E-state index contributed by atoms with van der Waals surface area (Å²) in [6.07, 6.45) is 2.64. The van der Waals surface area contributed by atoms with Crippen LogP contribution in [0.1, 0.15) is 22.3 Å². The van der Waals surface area contributed by atoms with Crippen molar-refractivity contribution in [1.82, 2.24) is 0 Å². The number of ether oxygens (including phenoxy) is 4. The molecule has 0 N–H and O–H groups in total. The molecular weight excluding hydrogens is 693 g/mol. The second-order valence-electron chi connectivity index (χ2n) is 9.31. The van der Waals surface area contributed by atoms with Crippen molar-refractivity contribution in [3.05, 3.63) is 119 Å². The molecule has 0 radical (unpaired) electrons. The van der Waals surface area contributed by atoms with Crippen LogP contribution in [-0.4, -0.2) is 46.7 Å². The van der Waals surface area contributed by atoms with Gasteiger partial charge >= 0.3 is 31.0 Å². The first-order chi connectivity index (χ1) is 21.7. The second-order valence-corrected chi connectivity index (χ2v) is 12.2. The summed E-state index contributed by atoms with van der Waals surface area (Å²) in [6.45, 7) is 0.140. The number of hydrogen-bond donors (Lipinski definition) is 0. The van der Waals surface area contributed by atoms with E-state index in [1.54, 1.807) is 48.5 Å². The minimum absolute atomic E-state index is 0.0333. The first-order valence-electron chi connectivity index (χ1n) is 13.5. The zero-order chi connectivity index (χ0) is 32.3. The van der Waals surface area contributed by atoms with E-state index in [9.17, 15) is 28.6 Å². The molecule has 6 rings (SSSR count). The van der Waals surface area contributed by atoms with Gasteiger partial charge in [0.25, 0.3) is 0 Å². The maximum absolute atomic E-state index is 13.8. The maximum atomic E-state index is 13.8. The summed E-state index contributed by atoms with van der Waals surface area (Å²) >= 11 is 0.230. The van der Waals surface area contributed by atoms with E-state index in [1.165, 1.54) is 48.6 Å². The van der Waals surface area contributed by atoms with Crippen LogP contribution >= 0.6 is 0 Å². The van der Waals surface area contributed by atoms with Crippen molar-refractivity contribution in [3.8, 4) is 23.0 Å². The van der Waals surface area contributed by atoms with E-state index in [0.717, 1.165) is 0 Å². The molecule has 4 aromatic rings. The number of carbonyl (C=O) groups is 2. The number of para-hydroxylation sites is 2. The standard InChI is InChI=1S/2C16H11FO4.2CH3.Sn/c2*17-13-6-2-1-5-11(13)12(16(18)19)8-10-4-3-7-14-15(10)21-9-20-14;;;/h2*1-8H,9H2,(H,18,19);2*1H3;/q;;;;+2/p-2/b2*12-8+;;;. The van der Waals surface area contributed by atoms with Crippen LogP contribution in [0.4, 0.5) is 8.78 Å². The van der Waals surface area contributed by atoms with Crippen LogP contribution in [0.2, 0.25) is 9.88 Å². The normalized spacial score (nSPS) is 12.6. The monoisotopic (exact) mass is 720 g/mol. The predicted molar refractivity (Wildman–Crippen MR) is 161 cm³/mol. The van der Waals surface area contributed by atoms with E-state index in [0.29, 0.717) is 34.1 Å². The Morgan fingerprint density at radius 3 is 1.36 bits per heavy atom. The Morgan fingerprint density at radius 1 is 0.622 bits per heavy atom. The van der Waals surface area contributed by atoms with Gasteiger partial charge in [-0.3, -0.25) is 0 Å². The van der Waals surface area contributed by atoms with Crippen LogP contribution in [0.3, 0.4) is 0 Å². The molecule has 11 heteroatoms. The van der Waals surface area contributed by atoms with Crippen molar-refractivity contribution in [3.63, 3.8) is 0 Å². The van der Waals surface area contributed by atoms with Gasteiger partial charge in [-0.25, -0.2) is 8.78 Å². The molecule has 0 saturated carbocycles. The Balaban J connectivity index is 0.000000189. The number of carboxylic acids is 2. The molecule has 228 valence electrons. The fraction of sp³-hybridized carbons (Fsp3) is 0.118. The fourth-order valence-electron chi connectivity index (χ4n) is 4.30. The Kier molecular flexibility index (Phi) is 11.6. The van der Waals surface area contributed by atoms with Crippen molar-refractivity contribution in [1.29, 1.82) is 0 Å². The van der Waals surface area contributed by atoms with Gasteiger partial charge in [0.2, 0.25) is 13.6 Å². The third kappa shape index (κ3) is 8.21. The summed E-state index contributed by atoms with van der Waals surface area (Å²) in [7, 11) is 0. The van der Waals surface area contributed by atoms with Gasteiger partial charge in [-0.15, -0.1) is 0 Å². The number of rotatable bonds is 6. The van der Waals surface area contributed by atoms with Crippen molar-refractivity contribution in [2.45, 2.75) is 9.88 Å². The molecule has 0 spiro atoms. The minimum atomic E-state index is -1.46. The number of benzene rings is 4. The number of carbonyl (C=O) groups excluding carboxylic acids is 2. The zero-order valence-electron chi connectivity index (χ0n) is 24.2. The van der Waals surface area contributed by atoms with E-state index < -0.39 is 23.6 Å². The molecule has 0 atom stereocenters. The van der Waals surface area contributed by atoms with Crippen LogP contribution < -0.4 is 29.2 Å². The van der Waals surface area contributed by atoms with Crippen LogP contribution in [0.25, 0.3) is 23.3 Å². The summed E-state index contributed by atoms with van der Waals surface area (Å²) in [5.41, 5.74) is 0.414. The van der Waals surface area contributed by atoms with E-state index >= 15 is 0 Å². The SMILES string of the molecule is O=C([O-])/C(=C/c1cccc2c1OCO2)c1ccccc1F.O=C([O-])/C(=C/c1cccc2c1OCO2)c1ccccc1F.[CH3][Sn+2][CH3]. The second kappa shape index (κ2) is 15.8. The fourth-order valence-corrected chi connectivity index (χ4v) is 4.30. The van der Waals surface area contributed by atoms with Gasteiger partial charge in [0.1, 0.15) is 11.6 Å². The van der Waals surface area contributed by atoms with Gasteiger partial charge in [0.05, 0.1) is 11.9 Å². The Bertz CT molecular complexity index is 1630. The summed E-state index contributed by atoms with van der Waals surface area (Å²) in [4.78, 5) is 27.3. The molecule has 8 nitrogen and oxygen atoms in total. The Labute approximate surface area is 268 Å². The Morgan fingerprint density at radius 2 is 1.00 bits per heavy atom. The molecule has 2 heterocycles. The first kappa shape index (κ1) is 33.1. The molecule has 2 aliphatic heterocycles. The average Bonchev–Trinajstić information content (AvgIpc) is 3.71. The quantitative estimate of drug-likeness (QED) is 0.163. The van der Waals surface area contributed by atoms with Crippen LogP contribution in [-0.2, 0) is 9.59 Å². The third-order valence-electron chi connectivity index (χ3n) is 6.22. The molecule has 0 fully saturated rings. The number of fused-ring (bicyclic) bond motifs is 2. The van der Waals surface area contributed by atoms with Crippen molar-refractivity contribution in [2.75, 3.05) is 13.6 Å². The molecule has 0 aromatic heterocycles. The molecule has 0 aliphatic carbocycles. The topological polar surface area (TPSA) is 117 Å². The summed E-state index contributed by atoms with van der Waals surface area (Å²) in [6, 6.07) is 21.4. The van der Waals surface area contributed by atoms with Crippen molar-refractivity contribution in [2.24, 2.45) is 0 Å². The summed E-state index contributed by atoms with van der Waals surface area (Å²) in [5.74, 6) is -2.26. The number of aliphatic carboxylic acids is 2. The van der Waals surface area contributed by atoms with Crippen LogP contribution in [0.15, 0.2) is 84.9 Å². The molecule has 2 aliphatic rings. The van der Waals surface area contributed by atoms with Crippen molar-refractivity contribution >= 4 is 56.4 Å². The molecular formula is C34H26F2O8Sn. The van der Waals surface area contributed by atoms with Gasteiger partial charge in [0, 0.05) is 33.4 Å². The molecule has 45 heavy (non-hydrogen) atoms. The molecule has 0 amide bonds. The zero-order valence-corrected chi connectivity index (χ0v) is 27.0. The summed E-state index contributed by atoms with van der Waals surface area (Å²) in [5, 5.41) is 22.7. The Hall–Kier alpha value is -4.84. The molecule has 0 saturated heterocycles. The van der Waals surface area contributed by atoms with E-state index in [1.807, 2.05) is 0 Å².